The summed E-state index contributed by atoms with van der Waals surface area (Å²) in [5, 5.41) is 2.97. The summed E-state index contributed by atoms with van der Waals surface area (Å²) in [7, 11) is 1.99. The largest absolute Gasteiger partial charge is 0.355 e. The van der Waals surface area contributed by atoms with Gasteiger partial charge in [-0.3, -0.25) is 9.59 Å². The van der Waals surface area contributed by atoms with Gasteiger partial charge in [-0.15, -0.1) is 0 Å². The van der Waals surface area contributed by atoms with Crippen LogP contribution in [0.25, 0.3) is 11.0 Å². The molecule has 0 spiro atoms. The Morgan fingerprint density at radius 2 is 2.04 bits per heavy atom. The molecule has 0 radical (unpaired) electrons. The third-order valence-corrected chi connectivity index (χ3v) is 4.83. The minimum atomic E-state index is -0.257. The Hall–Kier alpha value is -2.37. The SMILES string of the molecule is Cn1c(CCNC(=O)[C@@H]2CC(=O)N(C(C)(C)C)C2)nc2ccccc21. The van der Waals surface area contributed by atoms with Gasteiger partial charge < -0.3 is 14.8 Å². The lowest BCUT2D eigenvalue weighted by atomic mass is 10.1. The van der Waals surface area contributed by atoms with E-state index in [0.29, 0.717) is 25.9 Å². The third kappa shape index (κ3) is 3.52. The number of likely N-dealkylation sites (tertiary alicyclic amines) is 1. The molecule has 1 atom stereocenters. The highest BCUT2D eigenvalue weighted by atomic mass is 16.2. The van der Waals surface area contributed by atoms with Gasteiger partial charge in [0.1, 0.15) is 5.82 Å². The smallest absolute Gasteiger partial charge is 0.225 e. The van der Waals surface area contributed by atoms with Crippen molar-refractivity contribution in [2.75, 3.05) is 13.1 Å². The molecule has 2 amide bonds. The lowest BCUT2D eigenvalue weighted by Gasteiger charge is -2.31. The van der Waals surface area contributed by atoms with Crippen LogP contribution in [-0.2, 0) is 23.1 Å². The van der Waals surface area contributed by atoms with Crippen molar-refractivity contribution in [2.45, 2.75) is 39.2 Å². The predicted octanol–water partition coefficient (Wildman–Crippen LogP) is 1.88. The van der Waals surface area contributed by atoms with Crippen LogP contribution in [-0.4, -0.2) is 44.9 Å². The molecule has 1 fully saturated rings. The van der Waals surface area contributed by atoms with Gasteiger partial charge in [-0.2, -0.15) is 0 Å². The average molecular weight is 342 g/mol. The molecule has 134 valence electrons. The quantitative estimate of drug-likeness (QED) is 0.922. The fraction of sp³-hybridized carbons (Fsp3) is 0.526. The molecular formula is C19H26N4O2. The van der Waals surface area contributed by atoms with Crippen LogP contribution in [0.3, 0.4) is 0 Å². The molecule has 0 bridgehead atoms. The van der Waals surface area contributed by atoms with Crippen LogP contribution in [0.5, 0.6) is 0 Å². The van der Waals surface area contributed by atoms with E-state index >= 15 is 0 Å². The summed E-state index contributed by atoms with van der Waals surface area (Å²) in [5.41, 5.74) is 1.82. The number of imidazole rings is 1. The van der Waals surface area contributed by atoms with Gasteiger partial charge in [0.15, 0.2) is 0 Å². The number of amides is 2. The minimum Gasteiger partial charge on any atom is -0.355 e. The van der Waals surface area contributed by atoms with Crippen LogP contribution in [0.1, 0.15) is 33.0 Å². The van der Waals surface area contributed by atoms with E-state index in [1.54, 1.807) is 4.90 Å². The number of carbonyl (C=O) groups is 2. The van der Waals surface area contributed by atoms with E-state index < -0.39 is 0 Å². The zero-order valence-electron chi connectivity index (χ0n) is 15.4. The second-order valence-corrected chi connectivity index (χ2v) is 7.69. The summed E-state index contributed by atoms with van der Waals surface area (Å²) in [5.74, 6) is 0.703. The van der Waals surface area contributed by atoms with Gasteiger partial charge in [-0.05, 0) is 32.9 Å². The van der Waals surface area contributed by atoms with E-state index in [1.165, 1.54) is 0 Å². The summed E-state index contributed by atoms with van der Waals surface area (Å²) in [4.78, 5) is 30.9. The number of nitrogens with zero attached hydrogens (tertiary/aromatic N) is 3. The van der Waals surface area contributed by atoms with Crippen molar-refractivity contribution in [3.63, 3.8) is 0 Å². The molecular weight excluding hydrogens is 316 g/mol. The second-order valence-electron chi connectivity index (χ2n) is 7.69. The summed E-state index contributed by atoms with van der Waals surface area (Å²) in [6.45, 7) is 7.02. The molecule has 25 heavy (non-hydrogen) atoms. The van der Waals surface area contributed by atoms with Gasteiger partial charge in [-0.1, -0.05) is 12.1 Å². The maximum Gasteiger partial charge on any atom is 0.225 e. The number of fused-ring (bicyclic) bond motifs is 1. The molecule has 1 N–H and O–H groups in total. The van der Waals surface area contributed by atoms with Crippen molar-refractivity contribution in [1.82, 2.24) is 19.8 Å². The Morgan fingerprint density at radius 3 is 2.68 bits per heavy atom. The molecule has 0 saturated carbocycles. The monoisotopic (exact) mass is 342 g/mol. The molecule has 0 aliphatic carbocycles. The van der Waals surface area contributed by atoms with Crippen LogP contribution >= 0.6 is 0 Å². The highest BCUT2D eigenvalue weighted by molar-refractivity contribution is 5.89. The Kier molecular flexibility index (Phi) is 4.54. The highest BCUT2D eigenvalue weighted by Crippen LogP contribution is 2.25. The molecule has 3 rings (SSSR count). The van der Waals surface area contributed by atoms with Crippen molar-refractivity contribution in [3.05, 3.63) is 30.1 Å². The van der Waals surface area contributed by atoms with Crippen molar-refractivity contribution >= 4 is 22.8 Å². The summed E-state index contributed by atoms with van der Waals surface area (Å²) in [6.07, 6.45) is 0.968. The van der Waals surface area contributed by atoms with Gasteiger partial charge in [0.2, 0.25) is 11.8 Å². The van der Waals surface area contributed by atoms with Crippen molar-refractivity contribution in [2.24, 2.45) is 13.0 Å². The zero-order chi connectivity index (χ0) is 18.2. The lowest BCUT2D eigenvalue weighted by Crippen LogP contribution is -2.43. The van der Waals surface area contributed by atoms with Gasteiger partial charge in [0, 0.05) is 38.5 Å². The van der Waals surface area contributed by atoms with E-state index in [4.69, 9.17) is 0 Å². The fourth-order valence-electron chi connectivity index (χ4n) is 3.39. The minimum absolute atomic E-state index is 0.0427. The Bertz CT molecular complexity index is 803. The van der Waals surface area contributed by atoms with E-state index in [9.17, 15) is 9.59 Å². The number of aryl methyl sites for hydroxylation is 1. The first-order valence-electron chi connectivity index (χ1n) is 8.76. The number of hydrogen-bond donors (Lipinski definition) is 1. The summed E-state index contributed by atoms with van der Waals surface area (Å²) < 4.78 is 2.06. The Morgan fingerprint density at radius 1 is 1.32 bits per heavy atom. The first kappa shape index (κ1) is 17.5. The van der Waals surface area contributed by atoms with Crippen LogP contribution in [0.15, 0.2) is 24.3 Å². The van der Waals surface area contributed by atoms with Gasteiger partial charge >= 0.3 is 0 Å². The van der Waals surface area contributed by atoms with Crippen LogP contribution in [0.2, 0.25) is 0 Å². The Balaban J connectivity index is 1.56. The van der Waals surface area contributed by atoms with Gasteiger partial charge in [0.05, 0.1) is 17.0 Å². The molecule has 1 aliphatic rings. The third-order valence-electron chi connectivity index (χ3n) is 4.83. The molecule has 6 nitrogen and oxygen atoms in total. The van der Waals surface area contributed by atoms with E-state index in [1.807, 2.05) is 52.1 Å². The number of carbonyl (C=O) groups excluding carboxylic acids is 2. The molecule has 6 heteroatoms. The van der Waals surface area contributed by atoms with Crippen LogP contribution in [0, 0.1) is 5.92 Å². The topological polar surface area (TPSA) is 67.2 Å². The maximum atomic E-state index is 12.4. The first-order valence-corrected chi connectivity index (χ1v) is 8.76. The van der Waals surface area contributed by atoms with Gasteiger partial charge in [-0.25, -0.2) is 4.98 Å². The number of aromatic nitrogens is 2. The van der Waals surface area contributed by atoms with E-state index in [-0.39, 0.29) is 23.3 Å². The molecule has 1 aromatic heterocycles. The average Bonchev–Trinajstić information content (AvgIpc) is 3.09. The molecule has 2 heterocycles. The molecule has 1 aliphatic heterocycles. The molecule has 2 aromatic rings. The van der Waals surface area contributed by atoms with Crippen LogP contribution in [0.4, 0.5) is 0 Å². The van der Waals surface area contributed by atoms with Crippen LogP contribution < -0.4 is 5.32 Å². The zero-order valence-corrected chi connectivity index (χ0v) is 15.4. The molecule has 1 saturated heterocycles. The van der Waals surface area contributed by atoms with Crippen molar-refractivity contribution in [3.8, 4) is 0 Å². The number of rotatable bonds is 4. The van der Waals surface area contributed by atoms with Crippen molar-refractivity contribution < 1.29 is 9.59 Å². The second kappa shape index (κ2) is 6.50. The highest BCUT2D eigenvalue weighted by Gasteiger charge is 2.39. The summed E-state index contributed by atoms with van der Waals surface area (Å²) >= 11 is 0. The van der Waals surface area contributed by atoms with E-state index in [0.717, 1.165) is 16.9 Å². The first-order chi connectivity index (χ1) is 11.8. The molecule has 1 aromatic carbocycles. The standard InChI is InChI=1S/C19H26N4O2/c1-19(2,3)23-12-13(11-17(23)24)18(25)20-10-9-16-21-14-7-5-6-8-15(14)22(16)4/h5-8,13H,9-12H2,1-4H3,(H,20,25)/t13-/m1/s1. The Labute approximate surface area is 148 Å². The normalized spacial score (nSPS) is 18.2. The lowest BCUT2D eigenvalue weighted by molar-refractivity contribution is -0.132. The summed E-state index contributed by atoms with van der Waals surface area (Å²) in [6, 6.07) is 7.99. The number of hydrogen-bond acceptors (Lipinski definition) is 3. The van der Waals surface area contributed by atoms with Crippen molar-refractivity contribution in [1.29, 1.82) is 0 Å². The molecule has 0 unspecified atom stereocenters. The maximum absolute atomic E-state index is 12.4. The van der Waals surface area contributed by atoms with E-state index in [2.05, 4.69) is 14.9 Å². The number of benzene rings is 1. The van der Waals surface area contributed by atoms with Gasteiger partial charge in [0.25, 0.3) is 0 Å². The number of para-hydroxylation sites is 2. The number of nitrogens with one attached hydrogen (secondary N) is 1. The predicted molar refractivity (Wildman–Crippen MR) is 97.0 cm³/mol. The fourth-order valence-corrected chi connectivity index (χ4v) is 3.39.